The summed E-state index contributed by atoms with van der Waals surface area (Å²) in [6, 6.07) is 2.03. The Bertz CT molecular complexity index is 483. The van der Waals surface area contributed by atoms with E-state index in [4.69, 9.17) is 0 Å². The molecule has 0 aromatic carbocycles. The van der Waals surface area contributed by atoms with Crippen molar-refractivity contribution in [1.82, 2.24) is 19.7 Å². The minimum Gasteiger partial charge on any atom is -0.311 e. The molecule has 0 amide bonds. The lowest BCUT2D eigenvalue weighted by molar-refractivity contribution is 0.786. The molecular formula is C9H9BrN4S. The Morgan fingerprint density at radius 2 is 2.27 bits per heavy atom. The molecule has 0 bridgehead atoms. The third-order valence-electron chi connectivity index (χ3n) is 1.85. The number of hydrogen-bond acceptors (Lipinski definition) is 4. The summed E-state index contributed by atoms with van der Waals surface area (Å²) in [4.78, 5) is 4.33. The van der Waals surface area contributed by atoms with Gasteiger partial charge in [0.1, 0.15) is 11.4 Å². The molecule has 2 aromatic rings. The molecule has 0 radical (unpaired) electrons. The van der Waals surface area contributed by atoms with E-state index < -0.39 is 0 Å². The first-order chi connectivity index (χ1) is 7.16. The fourth-order valence-electron chi connectivity index (χ4n) is 1.09. The molecule has 2 aromatic heterocycles. The van der Waals surface area contributed by atoms with E-state index in [0.29, 0.717) is 0 Å². The third kappa shape index (κ3) is 2.38. The van der Waals surface area contributed by atoms with Gasteiger partial charge in [-0.3, -0.25) is 0 Å². The summed E-state index contributed by atoms with van der Waals surface area (Å²) in [6.07, 6.45) is 3.46. The van der Waals surface area contributed by atoms with E-state index in [1.54, 1.807) is 12.5 Å². The highest BCUT2D eigenvalue weighted by Crippen LogP contribution is 2.27. The normalized spacial score (nSPS) is 10.6. The minimum atomic E-state index is 0.841. The number of nitrogens with zero attached hydrogens (tertiary/aromatic N) is 4. The zero-order valence-electron chi connectivity index (χ0n) is 8.31. The van der Waals surface area contributed by atoms with Crippen LogP contribution in [0.4, 0.5) is 0 Å². The van der Waals surface area contributed by atoms with Gasteiger partial charge in [-0.25, -0.2) is 4.98 Å². The molecule has 0 spiro atoms. The largest absolute Gasteiger partial charge is 0.311 e. The zero-order chi connectivity index (χ0) is 10.8. The highest BCUT2D eigenvalue weighted by molar-refractivity contribution is 9.10. The molecule has 4 nitrogen and oxygen atoms in total. The van der Waals surface area contributed by atoms with Crippen molar-refractivity contribution < 1.29 is 0 Å². The first kappa shape index (κ1) is 10.6. The second kappa shape index (κ2) is 4.32. The minimum absolute atomic E-state index is 0.841. The van der Waals surface area contributed by atoms with Crippen molar-refractivity contribution in [2.75, 3.05) is 0 Å². The fraction of sp³-hybridized carbons (Fsp3) is 0.222. The maximum atomic E-state index is 4.33. The van der Waals surface area contributed by atoms with E-state index in [1.165, 1.54) is 11.8 Å². The second-order valence-corrected chi connectivity index (χ2v) is 4.97. The van der Waals surface area contributed by atoms with Gasteiger partial charge in [-0.05, 0) is 46.2 Å². The average Bonchev–Trinajstić information content (AvgIpc) is 2.57. The average molecular weight is 285 g/mol. The Morgan fingerprint density at radius 1 is 1.47 bits per heavy atom. The number of aryl methyl sites for hydroxylation is 2. The van der Waals surface area contributed by atoms with Crippen LogP contribution in [-0.2, 0) is 7.05 Å². The van der Waals surface area contributed by atoms with E-state index in [1.807, 2.05) is 24.6 Å². The van der Waals surface area contributed by atoms with Gasteiger partial charge < -0.3 is 4.57 Å². The molecule has 15 heavy (non-hydrogen) atoms. The molecule has 2 rings (SSSR count). The molecule has 0 saturated heterocycles. The van der Waals surface area contributed by atoms with Gasteiger partial charge in [-0.2, -0.15) is 0 Å². The van der Waals surface area contributed by atoms with Gasteiger partial charge in [0.25, 0.3) is 0 Å². The van der Waals surface area contributed by atoms with Crippen LogP contribution >= 0.6 is 27.7 Å². The van der Waals surface area contributed by atoms with Crippen molar-refractivity contribution in [3.8, 4) is 0 Å². The molecular weight excluding hydrogens is 276 g/mol. The first-order valence-electron chi connectivity index (χ1n) is 4.31. The lowest BCUT2D eigenvalue weighted by Gasteiger charge is -2.03. The Labute approximate surface area is 100 Å². The van der Waals surface area contributed by atoms with Crippen LogP contribution in [0.1, 0.15) is 5.56 Å². The number of pyridine rings is 1. The van der Waals surface area contributed by atoms with Gasteiger partial charge >= 0.3 is 0 Å². The molecule has 0 unspecified atom stereocenters. The lowest BCUT2D eigenvalue weighted by atomic mass is 10.3. The van der Waals surface area contributed by atoms with Gasteiger partial charge in [0.2, 0.25) is 0 Å². The molecule has 0 atom stereocenters. The standard InChI is InChI=1S/C9H9BrN4S/c1-6-3-7(10)4-11-8(6)15-9-13-12-5-14(9)2/h3-5H,1-2H3. The van der Waals surface area contributed by atoms with Crippen molar-refractivity contribution in [1.29, 1.82) is 0 Å². The molecule has 0 saturated carbocycles. The van der Waals surface area contributed by atoms with Crippen molar-refractivity contribution in [3.63, 3.8) is 0 Å². The molecule has 0 aliphatic rings. The van der Waals surface area contributed by atoms with Crippen molar-refractivity contribution in [2.45, 2.75) is 17.1 Å². The second-order valence-electron chi connectivity index (χ2n) is 3.10. The van der Waals surface area contributed by atoms with Crippen LogP contribution < -0.4 is 0 Å². The van der Waals surface area contributed by atoms with E-state index in [9.17, 15) is 0 Å². The van der Waals surface area contributed by atoms with Crippen molar-refractivity contribution >= 4 is 27.7 Å². The predicted molar refractivity (Wildman–Crippen MR) is 61.8 cm³/mol. The van der Waals surface area contributed by atoms with Crippen LogP contribution in [0.2, 0.25) is 0 Å². The number of aromatic nitrogens is 4. The summed E-state index contributed by atoms with van der Waals surface area (Å²) < 4.78 is 2.86. The monoisotopic (exact) mass is 284 g/mol. The van der Waals surface area contributed by atoms with Crippen LogP contribution in [0.5, 0.6) is 0 Å². The van der Waals surface area contributed by atoms with Crippen LogP contribution in [0.25, 0.3) is 0 Å². The van der Waals surface area contributed by atoms with Crippen molar-refractivity contribution in [3.05, 3.63) is 28.6 Å². The summed E-state index contributed by atoms with van der Waals surface area (Å²) in [7, 11) is 1.91. The fourth-order valence-corrected chi connectivity index (χ4v) is 2.31. The number of halogens is 1. The molecule has 0 fully saturated rings. The van der Waals surface area contributed by atoms with Gasteiger partial charge in [-0.15, -0.1) is 10.2 Å². The molecule has 78 valence electrons. The summed E-state index contributed by atoms with van der Waals surface area (Å²) >= 11 is 4.90. The quantitative estimate of drug-likeness (QED) is 0.850. The third-order valence-corrected chi connectivity index (χ3v) is 3.46. The van der Waals surface area contributed by atoms with Gasteiger partial charge in [0.15, 0.2) is 5.16 Å². The molecule has 6 heteroatoms. The van der Waals surface area contributed by atoms with Crippen LogP contribution in [0.3, 0.4) is 0 Å². The molecule has 2 heterocycles. The number of hydrogen-bond donors (Lipinski definition) is 0. The van der Waals surface area contributed by atoms with Gasteiger partial charge in [-0.1, -0.05) is 0 Å². The Kier molecular flexibility index (Phi) is 3.06. The van der Waals surface area contributed by atoms with Crippen LogP contribution in [0, 0.1) is 6.92 Å². The van der Waals surface area contributed by atoms with E-state index >= 15 is 0 Å². The summed E-state index contributed by atoms with van der Waals surface area (Å²) in [5, 5.41) is 9.61. The lowest BCUT2D eigenvalue weighted by Crippen LogP contribution is -1.91. The maximum Gasteiger partial charge on any atom is 0.197 e. The summed E-state index contributed by atoms with van der Waals surface area (Å²) in [5.41, 5.74) is 1.12. The first-order valence-corrected chi connectivity index (χ1v) is 5.92. The van der Waals surface area contributed by atoms with Gasteiger partial charge in [0.05, 0.1) is 0 Å². The van der Waals surface area contributed by atoms with E-state index in [0.717, 1.165) is 20.2 Å². The van der Waals surface area contributed by atoms with Gasteiger partial charge in [0, 0.05) is 17.7 Å². The highest BCUT2D eigenvalue weighted by Gasteiger charge is 2.07. The highest BCUT2D eigenvalue weighted by atomic mass is 79.9. The molecule has 0 aliphatic carbocycles. The Morgan fingerprint density at radius 3 is 2.87 bits per heavy atom. The summed E-state index contributed by atoms with van der Waals surface area (Å²) in [6.45, 7) is 2.02. The maximum absolute atomic E-state index is 4.33. The Balaban J connectivity index is 2.29. The summed E-state index contributed by atoms with van der Waals surface area (Å²) in [5.74, 6) is 0. The zero-order valence-corrected chi connectivity index (χ0v) is 10.7. The smallest absolute Gasteiger partial charge is 0.197 e. The molecule has 0 aliphatic heterocycles. The van der Waals surface area contributed by atoms with Crippen LogP contribution in [0.15, 0.2) is 33.2 Å². The Hall–Kier alpha value is -0.880. The van der Waals surface area contributed by atoms with E-state index in [2.05, 4.69) is 31.1 Å². The van der Waals surface area contributed by atoms with Crippen molar-refractivity contribution in [2.24, 2.45) is 7.05 Å². The van der Waals surface area contributed by atoms with E-state index in [-0.39, 0.29) is 0 Å². The molecule has 0 N–H and O–H groups in total. The SMILES string of the molecule is Cc1cc(Br)cnc1Sc1nncn1C. The predicted octanol–water partition coefficient (Wildman–Crippen LogP) is 2.43. The number of rotatable bonds is 2. The topological polar surface area (TPSA) is 43.6 Å². The van der Waals surface area contributed by atoms with Crippen LogP contribution in [-0.4, -0.2) is 19.7 Å².